The highest BCUT2D eigenvalue weighted by atomic mass is 35.5. The van der Waals surface area contributed by atoms with Gasteiger partial charge in [-0.25, -0.2) is 0 Å². The van der Waals surface area contributed by atoms with Crippen molar-refractivity contribution in [3.05, 3.63) is 46.1 Å². The van der Waals surface area contributed by atoms with Gasteiger partial charge in [0.15, 0.2) is 0 Å². The van der Waals surface area contributed by atoms with E-state index in [1.807, 2.05) is 0 Å². The first-order valence-electron chi connectivity index (χ1n) is 5.52. The molecule has 1 atom stereocenters. The lowest BCUT2D eigenvalue weighted by Gasteiger charge is -2.19. The van der Waals surface area contributed by atoms with Crippen LogP contribution in [0.4, 0.5) is 0 Å². The van der Waals surface area contributed by atoms with Crippen LogP contribution in [0.2, 0.25) is 0 Å². The summed E-state index contributed by atoms with van der Waals surface area (Å²) in [5.74, 6) is -0.698. The largest absolute Gasteiger partial charge is 0.392 e. The van der Waals surface area contributed by atoms with E-state index in [0.717, 1.165) is 0 Å². The van der Waals surface area contributed by atoms with E-state index < -0.39 is 6.10 Å². The number of allylic oxidation sites excluding steroid dienone is 2. The molecule has 1 aromatic carbocycles. The van der Waals surface area contributed by atoms with E-state index in [9.17, 15) is 14.7 Å². The zero-order chi connectivity index (χ0) is 13.3. The number of fused-ring (bicyclic) bond motifs is 1. The fourth-order valence-corrected chi connectivity index (χ4v) is 2.01. The molecule has 0 fully saturated rings. The van der Waals surface area contributed by atoms with Gasteiger partial charge in [0.05, 0.1) is 6.10 Å². The van der Waals surface area contributed by atoms with E-state index in [0.29, 0.717) is 11.1 Å². The third kappa shape index (κ3) is 2.17. The Morgan fingerprint density at radius 1 is 1.22 bits per heavy atom. The molecule has 2 rings (SSSR count). The number of hydrogen-bond acceptors (Lipinski definition) is 4. The third-order valence-corrected chi connectivity index (χ3v) is 3.00. The van der Waals surface area contributed by atoms with E-state index in [1.54, 1.807) is 31.2 Å². The Kier molecular flexibility index (Phi) is 3.50. The van der Waals surface area contributed by atoms with Crippen molar-refractivity contribution in [2.24, 2.45) is 0 Å². The van der Waals surface area contributed by atoms with Crippen molar-refractivity contribution in [1.29, 1.82) is 0 Å². The summed E-state index contributed by atoms with van der Waals surface area (Å²) < 4.78 is 0. The zero-order valence-corrected chi connectivity index (χ0v) is 10.5. The van der Waals surface area contributed by atoms with Gasteiger partial charge in [-0.2, -0.15) is 0 Å². The summed E-state index contributed by atoms with van der Waals surface area (Å²) in [6.07, 6.45) is -0.637. The van der Waals surface area contributed by atoms with E-state index in [4.69, 9.17) is 11.6 Å². The lowest BCUT2D eigenvalue weighted by molar-refractivity contribution is 0.0971. The van der Waals surface area contributed by atoms with E-state index in [2.05, 4.69) is 5.32 Å². The zero-order valence-electron chi connectivity index (χ0n) is 9.74. The standard InChI is InChI=1S/C13H12ClNO3/c1-7(16)6-15-11-10(14)12(17)8-4-2-3-5-9(8)13(11)18/h2-5,7,15-16H,6H2,1H3/t7-/m1/s1. The molecule has 2 N–H and O–H groups in total. The van der Waals surface area contributed by atoms with Gasteiger partial charge in [0.2, 0.25) is 11.6 Å². The second-order valence-electron chi connectivity index (χ2n) is 4.12. The Bertz CT molecular complexity index is 549. The first-order chi connectivity index (χ1) is 8.52. The monoisotopic (exact) mass is 265 g/mol. The highest BCUT2D eigenvalue weighted by Gasteiger charge is 2.30. The number of aliphatic hydroxyl groups excluding tert-OH is 1. The van der Waals surface area contributed by atoms with Crippen LogP contribution in [0.15, 0.2) is 35.0 Å². The van der Waals surface area contributed by atoms with E-state index in [1.165, 1.54) is 0 Å². The van der Waals surface area contributed by atoms with Crippen LogP contribution in [0.5, 0.6) is 0 Å². The molecular weight excluding hydrogens is 254 g/mol. The maximum atomic E-state index is 12.1. The predicted molar refractivity (Wildman–Crippen MR) is 67.7 cm³/mol. The van der Waals surface area contributed by atoms with Gasteiger partial charge in [-0.05, 0) is 6.92 Å². The summed E-state index contributed by atoms with van der Waals surface area (Å²) in [6.45, 7) is 1.73. The first-order valence-corrected chi connectivity index (χ1v) is 5.90. The molecular formula is C13H12ClNO3. The number of carbonyl (C=O) groups is 2. The summed E-state index contributed by atoms with van der Waals surface area (Å²) in [5, 5.41) is 11.8. The van der Waals surface area contributed by atoms with Crippen molar-refractivity contribution in [2.45, 2.75) is 13.0 Å². The number of hydrogen-bond donors (Lipinski definition) is 2. The number of benzene rings is 1. The second-order valence-corrected chi connectivity index (χ2v) is 4.50. The summed E-state index contributed by atoms with van der Waals surface area (Å²) in [5.41, 5.74) is 0.705. The van der Waals surface area contributed by atoms with Crippen molar-refractivity contribution in [3.63, 3.8) is 0 Å². The van der Waals surface area contributed by atoms with Gasteiger partial charge in [-0.15, -0.1) is 0 Å². The molecule has 0 saturated carbocycles. The summed E-state index contributed by atoms with van der Waals surface area (Å²) in [7, 11) is 0. The predicted octanol–water partition coefficient (Wildman–Crippen LogP) is 1.49. The quantitative estimate of drug-likeness (QED) is 0.869. The molecule has 1 aliphatic rings. The minimum Gasteiger partial charge on any atom is -0.392 e. The molecule has 1 aliphatic carbocycles. The smallest absolute Gasteiger partial charge is 0.211 e. The van der Waals surface area contributed by atoms with Crippen molar-refractivity contribution in [3.8, 4) is 0 Å². The number of carbonyl (C=O) groups excluding carboxylic acids is 2. The van der Waals surface area contributed by atoms with Gasteiger partial charge in [0.1, 0.15) is 10.7 Å². The normalized spacial score (nSPS) is 16.6. The van der Waals surface area contributed by atoms with Crippen LogP contribution >= 0.6 is 11.6 Å². The highest BCUT2D eigenvalue weighted by Crippen LogP contribution is 2.26. The lowest BCUT2D eigenvalue weighted by atomic mass is 9.92. The van der Waals surface area contributed by atoms with Crippen molar-refractivity contribution < 1.29 is 14.7 Å². The maximum Gasteiger partial charge on any atom is 0.211 e. The third-order valence-electron chi connectivity index (χ3n) is 2.64. The lowest BCUT2D eigenvalue weighted by Crippen LogP contribution is -2.32. The molecule has 0 aliphatic heterocycles. The number of aliphatic hydroxyl groups is 1. The Balaban J connectivity index is 2.40. The van der Waals surface area contributed by atoms with Gasteiger partial charge < -0.3 is 10.4 Å². The van der Waals surface area contributed by atoms with Gasteiger partial charge in [0.25, 0.3) is 0 Å². The molecule has 0 amide bonds. The van der Waals surface area contributed by atoms with Crippen LogP contribution in [-0.2, 0) is 0 Å². The molecule has 0 radical (unpaired) electrons. The molecule has 0 unspecified atom stereocenters. The Morgan fingerprint density at radius 2 is 1.78 bits per heavy atom. The number of Topliss-reactive ketones (excluding diaryl/α,β-unsaturated/α-hetero) is 2. The second kappa shape index (κ2) is 4.92. The number of ketones is 2. The molecule has 4 nitrogen and oxygen atoms in total. The van der Waals surface area contributed by atoms with Crippen molar-refractivity contribution in [2.75, 3.05) is 6.54 Å². The van der Waals surface area contributed by atoms with E-state index in [-0.39, 0.29) is 28.8 Å². The minimum atomic E-state index is -0.637. The van der Waals surface area contributed by atoms with Gasteiger partial charge >= 0.3 is 0 Å². The van der Waals surface area contributed by atoms with Crippen LogP contribution in [0, 0.1) is 0 Å². The molecule has 94 valence electrons. The van der Waals surface area contributed by atoms with Crippen molar-refractivity contribution >= 4 is 23.2 Å². The van der Waals surface area contributed by atoms with Crippen LogP contribution in [0.3, 0.4) is 0 Å². The molecule has 5 heteroatoms. The summed E-state index contributed by atoms with van der Waals surface area (Å²) in [4.78, 5) is 24.1. The molecule has 0 heterocycles. The topological polar surface area (TPSA) is 66.4 Å². The molecule has 0 saturated heterocycles. The average molecular weight is 266 g/mol. The van der Waals surface area contributed by atoms with Crippen LogP contribution in [0.25, 0.3) is 0 Å². The number of nitrogens with one attached hydrogen (secondary N) is 1. The molecule has 18 heavy (non-hydrogen) atoms. The minimum absolute atomic E-state index is 0.0567. The maximum absolute atomic E-state index is 12.1. The van der Waals surface area contributed by atoms with Crippen molar-refractivity contribution in [1.82, 2.24) is 5.32 Å². The summed E-state index contributed by atoms with van der Waals surface area (Å²) in [6, 6.07) is 6.53. The van der Waals surface area contributed by atoms with Gasteiger partial charge in [0, 0.05) is 17.7 Å². The molecule has 0 aromatic heterocycles. The fourth-order valence-electron chi connectivity index (χ4n) is 1.75. The average Bonchev–Trinajstić information content (AvgIpc) is 2.36. The summed E-state index contributed by atoms with van der Waals surface area (Å²) >= 11 is 5.90. The number of halogens is 1. The SMILES string of the molecule is C[C@@H](O)CNC1=C(Cl)C(=O)c2ccccc2C1=O. The van der Waals surface area contributed by atoms with E-state index >= 15 is 0 Å². The molecule has 0 bridgehead atoms. The van der Waals surface area contributed by atoms with Crippen LogP contribution < -0.4 is 5.32 Å². The Hall–Kier alpha value is -1.65. The van der Waals surface area contributed by atoms with Crippen LogP contribution in [-0.4, -0.2) is 29.3 Å². The Labute approximate surface area is 109 Å². The highest BCUT2D eigenvalue weighted by molar-refractivity contribution is 6.49. The first kappa shape index (κ1) is 12.8. The van der Waals surface area contributed by atoms with Crippen LogP contribution in [0.1, 0.15) is 27.6 Å². The Morgan fingerprint density at radius 3 is 2.33 bits per heavy atom. The van der Waals surface area contributed by atoms with Gasteiger partial charge in [-0.1, -0.05) is 35.9 Å². The van der Waals surface area contributed by atoms with Gasteiger partial charge in [-0.3, -0.25) is 9.59 Å². The number of rotatable bonds is 3. The fraction of sp³-hybridized carbons (Fsp3) is 0.231. The molecule has 1 aromatic rings. The molecule has 0 spiro atoms.